The number of aliphatic hydroxyl groups excluding tert-OH is 1. The van der Waals surface area contributed by atoms with Gasteiger partial charge in [-0.25, -0.2) is 4.98 Å². The van der Waals surface area contributed by atoms with Crippen molar-refractivity contribution in [2.24, 2.45) is 0 Å². The van der Waals surface area contributed by atoms with Crippen molar-refractivity contribution < 1.29 is 24.2 Å². The van der Waals surface area contributed by atoms with Crippen molar-refractivity contribution in [2.45, 2.75) is 26.8 Å². The molecule has 3 heterocycles. The van der Waals surface area contributed by atoms with E-state index in [0.717, 1.165) is 13.1 Å². The second-order valence-electron chi connectivity index (χ2n) is 8.61. The van der Waals surface area contributed by atoms with Crippen LogP contribution in [0, 0.1) is 6.92 Å². The molecule has 1 N–H and O–H groups in total. The number of likely N-dealkylation sites (tertiary alicyclic amines) is 1. The van der Waals surface area contributed by atoms with Crippen molar-refractivity contribution in [3.05, 3.63) is 65.1 Å². The van der Waals surface area contributed by atoms with Crippen LogP contribution in [0.3, 0.4) is 0 Å². The molecule has 0 saturated carbocycles. The first-order chi connectivity index (χ1) is 17.4. The van der Waals surface area contributed by atoms with E-state index in [-0.39, 0.29) is 11.3 Å². The van der Waals surface area contributed by atoms with Crippen LogP contribution >= 0.6 is 0 Å². The molecule has 1 aliphatic heterocycles. The number of likely N-dealkylation sites (N-methyl/N-ethyl adjacent to an activating group) is 1. The number of nitrogens with zero attached hydrogens (tertiary/aromatic N) is 4. The van der Waals surface area contributed by atoms with E-state index in [0.29, 0.717) is 47.2 Å². The molecule has 0 spiro atoms. The average molecular weight is 493 g/mol. The van der Waals surface area contributed by atoms with Crippen molar-refractivity contribution in [1.82, 2.24) is 19.2 Å². The molecule has 190 valence electrons. The van der Waals surface area contributed by atoms with Crippen LogP contribution in [0.25, 0.3) is 11.4 Å². The molecule has 2 aromatic heterocycles. The first kappa shape index (κ1) is 25.2. The second kappa shape index (κ2) is 10.4. The van der Waals surface area contributed by atoms with Gasteiger partial charge in [-0.3, -0.25) is 14.0 Å². The number of aryl methyl sites for hydroxylation is 1. The molecule has 0 bridgehead atoms. The zero-order chi connectivity index (χ0) is 26.0. The number of ketones is 1. The monoisotopic (exact) mass is 492 g/mol. The third-order valence-corrected chi connectivity index (χ3v) is 6.74. The van der Waals surface area contributed by atoms with E-state index < -0.39 is 17.7 Å². The zero-order valence-electron chi connectivity index (χ0n) is 21.3. The maximum absolute atomic E-state index is 13.4. The standard InChI is InChI=1S/C27H32N4O5/c1-6-29(7-2)14-15-31-24(18-11-12-19(35-4)20(16-18)36-5)22(26(33)27(31)34)25(32)23-17(3)28-21-10-8-9-13-30(21)23/h8-13,16,24,32H,6-7,14-15H2,1-5H3/b25-22+. The van der Waals surface area contributed by atoms with E-state index in [9.17, 15) is 14.7 Å². The lowest BCUT2D eigenvalue weighted by Gasteiger charge is -2.28. The normalized spacial score (nSPS) is 17.4. The van der Waals surface area contributed by atoms with E-state index in [1.165, 1.54) is 12.0 Å². The van der Waals surface area contributed by atoms with Crippen LogP contribution in [0.1, 0.15) is 36.8 Å². The Morgan fingerprint density at radius 3 is 2.47 bits per heavy atom. The molecule has 4 rings (SSSR count). The van der Waals surface area contributed by atoms with Crippen LogP contribution < -0.4 is 9.47 Å². The van der Waals surface area contributed by atoms with E-state index in [1.54, 1.807) is 42.8 Å². The summed E-state index contributed by atoms with van der Waals surface area (Å²) in [4.78, 5) is 35.0. The molecular formula is C27H32N4O5. The van der Waals surface area contributed by atoms with Gasteiger partial charge in [-0.1, -0.05) is 26.0 Å². The van der Waals surface area contributed by atoms with Gasteiger partial charge in [0.25, 0.3) is 11.7 Å². The highest BCUT2D eigenvalue weighted by Gasteiger charge is 2.46. The number of carbonyl (C=O) groups is 2. The Morgan fingerprint density at radius 2 is 1.81 bits per heavy atom. The van der Waals surface area contributed by atoms with Gasteiger partial charge in [0.05, 0.1) is 31.5 Å². The summed E-state index contributed by atoms with van der Waals surface area (Å²) >= 11 is 0. The highest BCUT2D eigenvalue weighted by atomic mass is 16.5. The number of amides is 1. The molecule has 3 aromatic rings. The van der Waals surface area contributed by atoms with Crippen molar-refractivity contribution in [3.63, 3.8) is 0 Å². The number of methoxy groups -OCH3 is 2. The number of ether oxygens (including phenoxy) is 2. The summed E-state index contributed by atoms with van der Waals surface area (Å²) in [6.45, 7) is 8.44. The third kappa shape index (κ3) is 4.30. The van der Waals surface area contributed by atoms with E-state index >= 15 is 0 Å². The summed E-state index contributed by atoms with van der Waals surface area (Å²) in [6, 6.07) is 9.96. The van der Waals surface area contributed by atoms with Gasteiger partial charge >= 0.3 is 0 Å². The van der Waals surface area contributed by atoms with Crippen molar-refractivity contribution in [1.29, 1.82) is 0 Å². The smallest absolute Gasteiger partial charge is 0.295 e. The van der Waals surface area contributed by atoms with Gasteiger partial charge in [0.2, 0.25) is 0 Å². The molecule has 1 amide bonds. The Balaban J connectivity index is 1.91. The highest BCUT2D eigenvalue weighted by molar-refractivity contribution is 6.46. The third-order valence-electron chi connectivity index (χ3n) is 6.74. The minimum atomic E-state index is -0.797. The van der Waals surface area contributed by atoms with Crippen molar-refractivity contribution >= 4 is 23.1 Å². The topological polar surface area (TPSA) is 96.6 Å². The van der Waals surface area contributed by atoms with Crippen molar-refractivity contribution in [2.75, 3.05) is 40.4 Å². The lowest BCUT2D eigenvalue weighted by Crippen LogP contribution is -2.38. The number of imidazole rings is 1. The number of carbonyl (C=O) groups excluding carboxylic acids is 2. The largest absolute Gasteiger partial charge is 0.505 e. The minimum absolute atomic E-state index is 0.0283. The fraction of sp³-hybridized carbons (Fsp3) is 0.370. The molecule has 1 fully saturated rings. The number of fused-ring (bicyclic) bond motifs is 1. The van der Waals surface area contributed by atoms with Gasteiger partial charge < -0.3 is 24.4 Å². The molecular weight excluding hydrogens is 460 g/mol. The highest BCUT2D eigenvalue weighted by Crippen LogP contribution is 2.42. The molecule has 1 aliphatic rings. The SMILES string of the molecule is CCN(CC)CCN1C(=O)C(=O)/C(=C(/O)c2c(C)nc3ccccn23)C1c1ccc(OC)c(OC)c1. The number of aliphatic hydroxyl groups is 1. The van der Waals surface area contributed by atoms with E-state index in [2.05, 4.69) is 23.7 Å². The molecule has 1 atom stereocenters. The molecule has 1 aromatic carbocycles. The van der Waals surface area contributed by atoms with Crippen LogP contribution in [0.2, 0.25) is 0 Å². The zero-order valence-corrected chi connectivity index (χ0v) is 21.3. The van der Waals surface area contributed by atoms with Crippen LogP contribution in [0.15, 0.2) is 48.2 Å². The molecule has 1 saturated heterocycles. The van der Waals surface area contributed by atoms with Gasteiger partial charge in [0.15, 0.2) is 17.3 Å². The quantitative estimate of drug-likeness (QED) is 0.278. The Bertz CT molecular complexity index is 1320. The lowest BCUT2D eigenvalue weighted by atomic mass is 9.96. The maximum atomic E-state index is 13.4. The Labute approximate surface area is 210 Å². The average Bonchev–Trinajstić information content (AvgIpc) is 3.36. The lowest BCUT2D eigenvalue weighted by molar-refractivity contribution is -0.140. The number of pyridine rings is 1. The number of benzene rings is 1. The first-order valence-electron chi connectivity index (χ1n) is 12.0. The molecule has 9 heteroatoms. The summed E-state index contributed by atoms with van der Waals surface area (Å²) in [7, 11) is 3.07. The van der Waals surface area contributed by atoms with Gasteiger partial charge in [-0.2, -0.15) is 0 Å². The Morgan fingerprint density at radius 1 is 1.08 bits per heavy atom. The van der Waals surface area contributed by atoms with Gasteiger partial charge in [-0.15, -0.1) is 0 Å². The first-order valence-corrected chi connectivity index (χ1v) is 12.0. The number of rotatable bonds is 9. The molecule has 0 aliphatic carbocycles. The van der Waals surface area contributed by atoms with E-state index in [4.69, 9.17) is 9.47 Å². The predicted octanol–water partition coefficient (Wildman–Crippen LogP) is 3.42. The molecule has 1 unspecified atom stereocenters. The minimum Gasteiger partial charge on any atom is -0.505 e. The van der Waals surface area contributed by atoms with Crippen LogP contribution in [-0.2, 0) is 9.59 Å². The summed E-state index contributed by atoms with van der Waals surface area (Å²) in [5.41, 5.74) is 2.24. The predicted molar refractivity (Wildman–Crippen MR) is 136 cm³/mol. The number of Topliss-reactive ketones (excluding diaryl/α,β-unsaturated/α-hetero) is 1. The summed E-state index contributed by atoms with van der Waals surface area (Å²) in [5.74, 6) is -0.629. The van der Waals surface area contributed by atoms with E-state index in [1.807, 2.05) is 18.2 Å². The van der Waals surface area contributed by atoms with Crippen LogP contribution in [0.5, 0.6) is 11.5 Å². The second-order valence-corrected chi connectivity index (χ2v) is 8.61. The van der Waals surface area contributed by atoms with Gasteiger partial charge in [0, 0.05) is 19.3 Å². The maximum Gasteiger partial charge on any atom is 0.295 e. The number of hydrogen-bond donors (Lipinski definition) is 1. The van der Waals surface area contributed by atoms with Gasteiger partial charge in [0.1, 0.15) is 11.3 Å². The Hall–Kier alpha value is -3.85. The number of aromatic nitrogens is 2. The fourth-order valence-corrected chi connectivity index (χ4v) is 4.80. The summed E-state index contributed by atoms with van der Waals surface area (Å²) in [6.07, 6.45) is 1.77. The van der Waals surface area contributed by atoms with Crippen molar-refractivity contribution in [3.8, 4) is 11.5 Å². The molecule has 36 heavy (non-hydrogen) atoms. The number of hydrogen-bond acceptors (Lipinski definition) is 7. The van der Waals surface area contributed by atoms with Crippen LogP contribution in [0.4, 0.5) is 0 Å². The molecule has 0 radical (unpaired) electrons. The van der Waals surface area contributed by atoms with Crippen LogP contribution in [-0.4, -0.2) is 76.4 Å². The Kier molecular flexibility index (Phi) is 7.30. The summed E-state index contributed by atoms with van der Waals surface area (Å²) in [5, 5.41) is 11.6. The fourth-order valence-electron chi connectivity index (χ4n) is 4.80. The van der Waals surface area contributed by atoms with Gasteiger partial charge in [-0.05, 0) is 49.8 Å². The molecule has 9 nitrogen and oxygen atoms in total. The summed E-state index contributed by atoms with van der Waals surface area (Å²) < 4.78 is 12.6.